The molecular formula is C19H18ClF2N3O2S. The van der Waals surface area contributed by atoms with Crippen LogP contribution in [0.15, 0.2) is 47.4 Å². The normalized spacial score (nSPS) is 19.5. The molecule has 2 aromatic carbocycles. The number of aryl methyl sites for hydroxylation is 1. The quantitative estimate of drug-likeness (QED) is 0.621. The highest BCUT2D eigenvalue weighted by molar-refractivity contribution is 7.90. The number of rotatable bonds is 3. The zero-order chi connectivity index (χ0) is 20.3. The van der Waals surface area contributed by atoms with Crippen LogP contribution in [0.25, 0.3) is 10.9 Å². The van der Waals surface area contributed by atoms with Crippen LogP contribution in [0, 0.1) is 6.92 Å². The van der Waals surface area contributed by atoms with Crippen molar-refractivity contribution in [3.63, 3.8) is 0 Å². The highest BCUT2D eigenvalue weighted by Gasteiger charge is 2.45. The zero-order valence-corrected chi connectivity index (χ0v) is 16.8. The number of anilines is 1. The minimum Gasteiger partial charge on any atom is -0.346 e. The molecule has 1 saturated heterocycles. The number of benzene rings is 2. The first-order valence-corrected chi connectivity index (χ1v) is 10.6. The maximum atomic E-state index is 13.9. The van der Waals surface area contributed by atoms with Gasteiger partial charge in [-0.05, 0) is 38.1 Å². The monoisotopic (exact) mass is 425 g/mol. The summed E-state index contributed by atoms with van der Waals surface area (Å²) in [6.45, 7) is 2.99. The van der Waals surface area contributed by atoms with Crippen molar-refractivity contribution >= 4 is 38.3 Å². The average molecular weight is 426 g/mol. The standard InChI is InChI=1S/C19H18ClF2N3O2S/c1-12-6-8-14(9-7-12)28(26,27)25-16-5-3-4-15(20)17(16)18(23-25)24-11-19(21,22)10-13(24)2/h3-9,13H,10-11H2,1-2H3/t13-/m0/s1. The van der Waals surface area contributed by atoms with Crippen molar-refractivity contribution in [3.05, 3.63) is 53.1 Å². The van der Waals surface area contributed by atoms with Crippen molar-refractivity contribution in [1.82, 2.24) is 9.19 Å². The van der Waals surface area contributed by atoms with Crippen molar-refractivity contribution < 1.29 is 17.2 Å². The lowest BCUT2D eigenvalue weighted by Crippen LogP contribution is -2.29. The molecule has 148 valence electrons. The number of nitrogens with zero attached hydrogens (tertiary/aromatic N) is 3. The van der Waals surface area contributed by atoms with Crippen molar-refractivity contribution in [1.29, 1.82) is 0 Å². The van der Waals surface area contributed by atoms with Crippen LogP contribution in [0.4, 0.5) is 14.6 Å². The lowest BCUT2D eigenvalue weighted by molar-refractivity contribution is 0.0229. The fraction of sp³-hybridized carbons (Fsp3) is 0.316. The van der Waals surface area contributed by atoms with Crippen molar-refractivity contribution in [2.75, 3.05) is 11.4 Å². The Morgan fingerprint density at radius 1 is 1.18 bits per heavy atom. The molecule has 1 aliphatic heterocycles. The highest BCUT2D eigenvalue weighted by Crippen LogP contribution is 2.40. The third kappa shape index (κ3) is 3.04. The topological polar surface area (TPSA) is 55.2 Å². The molecule has 0 bridgehead atoms. The Labute approximate surface area is 166 Å². The van der Waals surface area contributed by atoms with Crippen LogP contribution in [0.1, 0.15) is 18.9 Å². The van der Waals surface area contributed by atoms with E-state index in [1.807, 2.05) is 6.92 Å². The Kier molecular flexibility index (Phi) is 4.39. The molecule has 0 N–H and O–H groups in total. The van der Waals surface area contributed by atoms with Gasteiger partial charge in [-0.3, -0.25) is 0 Å². The molecule has 4 rings (SSSR count). The number of fused-ring (bicyclic) bond motifs is 1. The van der Waals surface area contributed by atoms with Gasteiger partial charge in [0.25, 0.3) is 15.9 Å². The van der Waals surface area contributed by atoms with Gasteiger partial charge in [-0.1, -0.05) is 35.4 Å². The van der Waals surface area contributed by atoms with Gasteiger partial charge in [0.2, 0.25) is 0 Å². The molecule has 1 atom stereocenters. The molecule has 5 nitrogen and oxygen atoms in total. The van der Waals surface area contributed by atoms with Crippen molar-refractivity contribution in [2.24, 2.45) is 0 Å². The van der Waals surface area contributed by atoms with Gasteiger partial charge in [-0.25, -0.2) is 8.78 Å². The summed E-state index contributed by atoms with van der Waals surface area (Å²) in [4.78, 5) is 1.49. The first-order valence-electron chi connectivity index (χ1n) is 8.74. The average Bonchev–Trinajstić information content (AvgIpc) is 3.13. The number of halogens is 3. The maximum Gasteiger partial charge on any atom is 0.283 e. The fourth-order valence-corrected chi connectivity index (χ4v) is 5.10. The molecule has 0 unspecified atom stereocenters. The van der Waals surface area contributed by atoms with Gasteiger partial charge in [0.05, 0.1) is 27.4 Å². The van der Waals surface area contributed by atoms with Crippen LogP contribution in [-0.2, 0) is 10.0 Å². The lowest BCUT2D eigenvalue weighted by Gasteiger charge is -2.20. The molecule has 28 heavy (non-hydrogen) atoms. The molecule has 0 radical (unpaired) electrons. The Morgan fingerprint density at radius 3 is 2.46 bits per heavy atom. The van der Waals surface area contributed by atoms with Crippen LogP contribution in [0.2, 0.25) is 5.02 Å². The number of alkyl halides is 2. The number of hydrogen-bond donors (Lipinski definition) is 0. The summed E-state index contributed by atoms with van der Waals surface area (Å²) in [5.41, 5.74) is 1.17. The van der Waals surface area contributed by atoms with Crippen LogP contribution in [0.3, 0.4) is 0 Å². The van der Waals surface area contributed by atoms with E-state index in [1.54, 1.807) is 37.3 Å². The largest absolute Gasteiger partial charge is 0.346 e. The molecule has 0 aliphatic carbocycles. The summed E-state index contributed by atoms with van der Waals surface area (Å²) in [6, 6.07) is 10.6. The second-order valence-corrected chi connectivity index (χ2v) is 9.33. The predicted molar refractivity (Wildman–Crippen MR) is 105 cm³/mol. The second-order valence-electron chi connectivity index (χ2n) is 7.16. The van der Waals surface area contributed by atoms with E-state index in [0.29, 0.717) is 5.39 Å². The molecule has 0 saturated carbocycles. The molecule has 0 spiro atoms. The summed E-state index contributed by atoms with van der Waals surface area (Å²) in [5, 5.41) is 4.87. The van der Waals surface area contributed by atoms with Gasteiger partial charge in [0.15, 0.2) is 5.82 Å². The van der Waals surface area contributed by atoms with Gasteiger partial charge in [-0.15, -0.1) is 5.10 Å². The Morgan fingerprint density at radius 2 is 1.86 bits per heavy atom. The summed E-state index contributed by atoms with van der Waals surface area (Å²) in [5.74, 6) is -2.71. The minimum atomic E-state index is -4.02. The van der Waals surface area contributed by atoms with Gasteiger partial charge >= 0.3 is 0 Å². The zero-order valence-electron chi connectivity index (χ0n) is 15.2. The minimum absolute atomic E-state index is 0.0637. The third-order valence-corrected chi connectivity index (χ3v) is 6.87. The van der Waals surface area contributed by atoms with Crippen molar-refractivity contribution in [2.45, 2.75) is 37.1 Å². The molecule has 0 amide bonds. The molecule has 9 heteroatoms. The summed E-state index contributed by atoms with van der Waals surface area (Å²) < 4.78 is 55.2. The van der Waals surface area contributed by atoms with E-state index >= 15 is 0 Å². The predicted octanol–water partition coefficient (Wildman–Crippen LogP) is 4.47. The number of aromatic nitrogens is 2. The van der Waals surface area contributed by atoms with Gasteiger partial charge in [0.1, 0.15) is 0 Å². The van der Waals surface area contributed by atoms with Crippen LogP contribution in [-0.4, -0.2) is 36.1 Å². The molecular weight excluding hydrogens is 408 g/mol. The fourth-order valence-electron chi connectivity index (χ4n) is 3.57. The molecule has 1 aliphatic rings. The Balaban J connectivity index is 1.94. The Bertz CT molecular complexity index is 1160. The van der Waals surface area contributed by atoms with E-state index in [-0.39, 0.29) is 27.7 Å². The summed E-state index contributed by atoms with van der Waals surface area (Å²) in [7, 11) is -4.02. The molecule has 1 fully saturated rings. The lowest BCUT2D eigenvalue weighted by atomic mass is 10.2. The van der Waals surface area contributed by atoms with Crippen LogP contribution >= 0.6 is 11.6 Å². The smallest absolute Gasteiger partial charge is 0.283 e. The van der Waals surface area contributed by atoms with Crippen LogP contribution < -0.4 is 4.90 Å². The van der Waals surface area contributed by atoms with Crippen LogP contribution in [0.5, 0.6) is 0 Å². The Hall–Kier alpha value is -2.19. The summed E-state index contributed by atoms with van der Waals surface area (Å²) >= 11 is 6.33. The van der Waals surface area contributed by atoms with E-state index < -0.39 is 28.5 Å². The molecule has 2 heterocycles. The van der Waals surface area contributed by atoms with Gasteiger partial charge in [0, 0.05) is 12.5 Å². The van der Waals surface area contributed by atoms with E-state index in [9.17, 15) is 17.2 Å². The molecule has 3 aromatic rings. The van der Waals surface area contributed by atoms with E-state index in [4.69, 9.17) is 11.6 Å². The molecule has 1 aromatic heterocycles. The van der Waals surface area contributed by atoms with E-state index in [0.717, 1.165) is 9.65 Å². The second kappa shape index (κ2) is 6.42. The van der Waals surface area contributed by atoms with Gasteiger partial charge < -0.3 is 4.90 Å². The first-order chi connectivity index (χ1) is 13.1. The van der Waals surface area contributed by atoms with Crippen molar-refractivity contribution in [3.8, 4) is 0 Å². The highest BCUT2D eigenvalue weighted by atomic mass is 35.5. The number of hydrogen-bond acceptors (Lipinski definition) is 4. The van der Waals surface area contributed by atoms with E-state index in [1.165, 1.54) is 17.0 Å². The third-order valence-electron chi connectivity index (χ3n) is 4.95. The SMILES string of the molecule is Cc1ccc(S(=O)(=O)n2nc(N3CC(F)(F)C[C@@H]3C)c3c(Cl)cccc32)cc1. The summed E-state index contributed by atoms with van der Waals surface area (Å²) in [6.07, 6.45) is -0.323. The van der Waals surface area contributed by atoms with E-state index in [2.05, 4.69) is 5.10 Å². The van der Waals surface area contributed by atoms with Gasteiger partial charge in [-0.2, -0.15) is 12.5 Å². The first kappa shape index (κ1) is 19.1. The maximum absolute atomic E-state index is 13.9.